The minimum atomic E-state index is -0.609. The van der Waals surface area contributed by atoms with Crippen LogP contribution in [-0.2, 0) is 17.8 Å². The van der Waals surface area contributed by atoms with Crippen molar-refractivity contribution in [2.75, 3.05) is 24.6 Å². The number of para-hydroxylation sites is 1. The van der Waals surface area contributed by atoms with Crippen LogP contribution in [0.2, 0.25) is 5.02 Å². The number of rotatable bonds is 5. The Morgan fingerprint density at radius 1 is 1.18 bits per heavy atom. The minimum Gasteiger partial charge on any atom is -0.481 e. The zero-order chi connectivity index (χ0) is 35.6. The molecule has 0 radical (unpaired) electrons. The summed E-state index contributed by atoms with van der Waals surface area (Å²) in [6.45, 7) is 7.50. The first-order valence-corrected chi connectivity index (χ1v) is 17.6. The molecule has 4 heterocycles. The zero-order valence-electron chi connectivity index (χ0n) is 28.0. The second-order valence-electron chi connectivity index (χ2n) is 13.1. The molecule has 7 rings (SSSR count). The number of aromatic nitrogens is 6. The molecule has 0 saturated heterocycles. The van der Waals surface area contributed by atoms with Crippen LogP contribution in [0.25, 0.3) is 5.69 Å². The summed E-state index contributed by atoms with van der Waals surface area (Å²) in [6.07, 6.45) is 11.6. The normalized spacial score (nSPS) is 16.9. The van der Waals surface area contributed by atoms with Crippen LogP contribution in [0.3, 0.4) is 0 Å². The van der Waals surface area contributed by atoms with Crippen LogP contribution in [0.15, 0.2) is 46.2 Å². The lowest BCUT2D eigenvalue weighted by Gasteiger charge is -2.32. The van der Waals surface area contributed by atoms with Gasteiger partial charge >= 0.3 is 11.7 Å². The molecule has 0 unspecified atom stereocenters. The van der Waals surface area contributed by atoms with Crippen molar-refractivity contribution in [3.05, 3.63) is 68.3 Å². The molecule has 0 bridgehead atoms. The van der Waals surface area contributed by atoms with Gasteiger partial charge in [-0.3, -0.25) is 9.69 Å². The number of nitrogens with zero attached hydrogens (tertiary/aromatic N) is 9. The van der Waals surface area contributed by atoms with Crippen LogP contribution in [-0.4, -0.2) is 71.3 Å². The summed E-state index contributed by atoms with van der Waals surface area (Å²) in [5.74, 6) is 2.92. The summed E-state index contributed by atoms with van der Waals surface area (Å²) in [5.41, 5.74) is 0.476. The highest BCUT2D eigenvalue weighted by molar-refractivity contribution is 7.02. The summed E-state index contributed by atoms with van der Waals surface area (Å²) in [7, 11) is 0. The molecular formula is C34H37ClFN9O4S. The molecule has 4 aromatic rings. The average Bonchev–Trinajstić information content (AvgIpc) is 3.75. The Labute approximate surface area is 297 Å². The molecule has 2 amide bonds. The van der Waals surface area contributed by atoms with Crippen molar-refractivity contribution >= 4 is 46.4 Å². The van der Waals surface area contributed by atoms with Crippen LogP contribution in [0.1, 0.15) is 58.7 Å². The van der Waals surface area contributed by atoms with E-state index in [1.54, 1.807) is 29.2 Å². The Balaban J connectivity index is 0.000000174. The average molecular weight is 722 g/mol. The minimum absolute atomic E-state index is 0.0964. The monoisotopic (exact) mass is 721 g/mol. The van der Waals surface area contributed by atoms with Gasteiger partial charge in [-0.25, -0.2) is 19.0 Å². The van der Waals surface area contributed by atoms with Crippen LogP contribution < -0.4 is 20.1 Å². The highest BCUT2D eigenvalue weighted by Gasteiger charge is 2.32. The van der Waals surface area contributed by atoms with Gasteiger partial charge in [-0.05, 0) is 53.8 Å². The number of carbonyl (C=O) groups excluding carboxylic acids is 2. The van der Waals surface area contributed by atoms with Gasteiger partial charge in [0, 0.05) is 43.2 Å². The highest BCUT2D eigenvalue weighted by atomic mass is 35.5. The first kappa shape index (κ1) is 35.0. The van der Waals surface area contributed by atoms with Gasteiger partial charge in [0.25, 0.3) is 5.91 Å². The lowest BCUT2D eigenvalue weighted by molar-refractivity contribution is -0.121. The van der Waals surface area contributed by atoms with Gasteiger partial charge < -0.3 is 14.2 Å². The Morgan fingerprint density at radius 3 is 2.66 bits per heavy atom. The lowest BCUT2D eigenvalue weighted by Crippen LogP contribution is -2.46. The maximum atomic E-state index is 14.5. The number of halogens is 2. The van der Waals surface area contributed by atoms with E-state index in [0.717, 1.165) is 53.8 Å². The highest BCUT2D eigenvalue weighted by Crippen LogP contribution is 2.37. The van der Waals surface area contributed by atoms with E-state index in [0.29, 0.717) is 33.5 Å². The SMILES string of the molecule is C#CCN1C(=O)COc2cc(F)c(N=c3snc4n3CC(C)(C)C4)cc21.CCN(C(=O)n1nnn(-c2ccccc2Cl)c1=O)C1CCCCC1. The molecule has 2 aromatic heterocycles. The first-order chi connectivity index (χ1) is 24.0. The Hall–Kier alpha value is -4.81. The summed E-state index contributed by atoms with van der Waals surface area (Å²) in [4.78, 5) is 45.6. The third-order valence-electron chi connectivity index (χ3n) is 8.88. The van der Waals surface area contributed by atoms with Crippen LogP contribution >= 0.6 is 23.1 Å². The van der Waals surface area contributed by atoms with E-state index in [1.165, 1.54) is 35.0 Å². The van der Waals surface area contributed by atoms with E-state index in [1.807, 2.05) is 11.5 Å². The number of ether oxygens (including phenoxy) is 1. The van der Waals surface area contributed by atoms with Crippen molar-refractivity contribution in [1.29, 1.82) is 0 Å². The molecule has 262 valence electrons. The van der Waals surface area contributed by atoms with Crippen molar-refractivity contribution in [1.82, 2.24) is 33.6 Å². The number of tetrazole rings is 1. The third-order valence-corrected chi connectivity index (χ3v) is 9.98. The maximum absolute atomic E-state index is 14.5. The van der Waals surface area contributed by atoms with Gasteiger partial charge in [0.15, 0.2) is 12.4 Å². The largest absolute Gasteiger partial charge is 0.481 e. The maximum Gasteiger partial charge on any atom is 0.377 e. The fourth-order valence-corrected chi connectivity index (χ4v) is 7.42. The predicted molar refractivity (Wildman–Crippen MR) is 187 cm³/mol. The number of hydrogen-bond donors (Lipinski definition) is 0. The second-order valence-corrected chi connectivity index (χ2v) is 14.2. The number of carbonyl (C=O) groups is 2. The van der Waals surface area contributed by atoms with Gasteiger partial charge in [-0.15, -0.1) is 11.1 Å². The van der Waals surface area contributed by atoms with E-state index >= 15 is 0 Å². The molecule has 2 aromatic carbocycles. The number of benzene rings is 2. The Morgan fingerprint density at radius 2 is 1.94 bits per heavy atom. The lowest BCUT2D eigenvalue weighted by atomic mass is 9.92. The van der Waals surface area contributed by atoms with E-state index in [2.05, 4.69) is 39.6 Å². The van der Waals surface area contributed by atoms with E-state index in [4.69, 9.17) is 22.8 Å². The van der Waals surface area contributed by atoms with Gasteiger partial charge in [0.1, 0.15) is 17.3 Å². The summed E-state index contributed by atoms with van der Waals surface area (Å²) >= 11 is 7.34. The second kappa shape index (κ2) is 14.6. The van der Waals surface area contributed by atoms with E-state index in [-0.39, 0.29) is 36.2 Å². The van der Waals surface area contributed by atoms with Crippen molar-refractivity contribution in [3.8, 4) is 23.8 Å². The number of fused-ring (bicyclic) bond motifs is 2. The van der Waals surface area contributed by atoms with Crippen LogP contribution in [0.5, 0.6) is 5.75 Å². The quantitative estimate of drug-likeness (QED) is 0.210. The fourth-order valence-electron chi connectivity index (χ4n) is 6.45. The molecule has 1 fully saturated rings. The molecule has 16 heteroatoms. The molecule has 50 heavy (non-hydrogen) atoms. The number of hydrogen-bond acceptors (Lipinski definition) is 9. The van der Waals surface area contributed by atoms with Crippen molar-refractivity contribution < 1.29 is 18.7 Å². The Bertz CT molecular complexity index is 2090. The van der Waals surface area contributed by atoms with Gasteiger partial charge in [0.2, 0.25) is 4.80 Å². The summed E-state index contributed by atoms with van der Waals surface area (Å²) in [6, 6.07) is 9.31. The molecule has 13 nitrogen and oxygen atoms in total. The molecular weight excluding hydrogens is 685 g/mol. The number of amides is 2. The molecule has 0 atom stereocenters. The number of terminal acetylenes is 1. The van der Waals surface area contributed by atoms with Crippen molar-refractivity contribution in [2.45, 2.75) is 71.9 Å². The molecule has 2 aliphatic heterocycles. The predicted octanol–water partition coefficient (Wildman–Crippen LogP) is 4.96. The van der Waals surface area contributed by atoms with Gasteiger partial charge in [0.05, 0.1) is 22.9 Å². The van der Waals surface area contributed by atoms with Gasteiger partial charge in [-0.1, -0.05) is 62.8 Å². The summed E-state index contributed by atoms with van der Waals surface area (Å²) < 4.78 is 28.2. The first-order valence-electron chi connectivity index (χ1n) is 16.4. The summed E-state index contributed by atoms with van der Waals surface area (Å²) in [5, 5.41) is 7.95. The molecule has 1 saturated carbocycles. The van der Waals surface area contributed by atoms with E-state index < -0.39 is 17.5 Å². The number of anilines is 1. The molecule has 1 aliphatic carbocycles. The van der Waals surface area contributed by atoms with Crippen LogP contribution in [0, 0.1) is 23.6 Å². The Kier molecular flexibility index (Phi) is 10.2. The van der Waals surface area contributed by atoms with Crippen molar-refractivity contribution in [3.63, 3.8) is 0 Å². The zero-order valence-corrected chi connectivity index (χ0v) is 29.6. The smallest absolute Gasteiger partial charge is 0.377 e. The standard InChI is InChI=1S/C18H17FN4O2S.C16H20ClN5O2/c1-4-5-22-13-7-12(11(19)6-14(13)25-9-16(22)24)20-17-23-10-18(2,3)8-15(23)21-26-17;1-2-20(12-8-4-3-5-9-12)15(23)22-16(24)21(18-19-22)14-11-7-6-10-13(14)17/h1,6-7H,5,8-10H2,2-3H3;6-7,10-12H,2-5,8-9H2,1H3. The van der Waals surface area contributed by atoms with E-state index in [9.17, 15) is 18.8 Å². The molecule has 0 N–H and O–H groups in total. The third kappa shape index (κ3) is 7.08. The molecule has 3 aliphatic rings. The topological polar surface area (TPSA) is 133 Å². The van der Waals surface area contributed by atoms with Crippen molar-refractivity contribution in [2.24, 2.45) is 10.4 Å². The fraction of sp³-hybridized carbons (Fsp3) is 0.441. The molecule has 0 spiro atoms. The van der Waals surface area contributed by atoms with Gasteiger partial charge in [-0.2, -0.15) is 9.06 Å². The van der Waals surface area contributed by atoms with Crippen LogP contribution in [0.4, 0.5) is 20.6 Å².